The van der Waals surface area contributed by atoms with Crippen molar-refractivity contribution in [2.45, 2.75) is 51.6 Å². The van der Waals surface area contributed by atoms with Crippen molar-refractivity contribution in [3.8, 4) is 0 Å². The van der Waals surface area contributed by atoms with Crippen molar-refractivity contribution in [2.24, 2.45) is 0 Å². The van der Waals surface area contributed by atoms with Crippen molar-refractivity contribution in [2.75, 3.05) is 46.6 Å². The van der Waals surface area contributed by atoms with Gasteiger partial charge in [-0.15, -0.1) is 0 Å². The molecule has 0 aromatic heterocycles. The molecular weight excluding hydrogens is 240 g/mol. The molecule has 0 saturated carbocycles. The molecule has 0 bridgehead atoms. The van der Waals surface area contributed by atoms with Crippen LogP contribution in [0, 0.1) is 0 Å². The predicted molar refractivity (Wildman–Crippen MR) is 79.7 cm³/mol. The maximum absolute atomic E-state index is 5.60. The van der Waals surface area contributed by atoms with Gasteiger partial charge in [0.1, 0.15) is 0 Å². The van der Waals surface area contributed by atoms with Crippen LogP contribution in [0.3, 0.4) is 0 Å². The SMILES string of the molecule is CCCNC(C)C1CCCCN1CCOCCOC. The lowest BCUT2D eigenvalue weighted by atomic mass is 9.96. The van der Waals surface area contributed by atoms with Gasteiger partial charge < -0.3 is 14.8 Å². The van der Waals surface area contributed by atoms with Gasteiger partial charge in [-0.2, -0.15) is 0 Å². The van der Waals surface area contributed by atoms with Crippen LogP contribution in [-0.4, -0.2) is 63.5 Å². The summed E-state index contributed by atoms with van der Waals surface area (Å²) in [5.41, 5.74) is 0. The molecule has 19 heavy (non-hydrogen) atoms. The normalized spacial score (nSPS) is 22.6. The molecule has 0 aromatic rings. The number of nitrogens with zero attached hydrogens (tertiary/aromatic N) is 1. The van der Waals surface area contributed by atoms with Crippen LogP contribution in [0.5, 0.6) is 0 Å². The second-order valence-electron chi connectivity index (χ2n) is 5.45. The second-order valence-corrected chi connectivity index (χ2v) is 5.45. The summed E-state index contributed by atoms with van der Waals surface area (Å²) in [7, 11) is 1.71. The van der Waals surface area contributed by atoms with E-state index in [0.717, 1.165) is 19.7 Å². The molecule has 1 aliphatic rings. The highest BCUT2D eigenvalue weighted by molar-refractivity contribution is 4.84. The molecule has 1 rings (SSSR count). The predicted octanol–water partition coefficient (Wildman–Crippen LogP) is 1.89. The Labute approximate surface area is 118 Å². The molecule has 114 valence electrons. The number of likely N-dealkylation sites (tertiary alicyclic amines) is 1. The quantitative estimate of drug-likeness (QED) is 0.616. The Balaban J connectivity index is 2.26. The molecule has 2 atom stereocenters. The summed E-state index contributed by atoms with van der Waals surface area (Å²) in [6.45, 7) is 10.2. The first-order valence-electron chi connectivity index (χ1n) is 7.83. The van der Waals surface area contributed by atoms with Gasteiger partial charge in [0.25, 0.3) is 0 Å². The maximum atomic E-state index is 5.60. The van der Waals surface area contributed by atoms with E-state index in [2.05, 4.69) is 24.1 Å². The van der Waals surface area contributed by atoms with Crippen molar-refractivity contribution in [3.05, 3.63) is 0 Å². The van der Waals surface area contributed by atoms with Crippen LogP contribution in [0.15, 0.2) is 0 Å². The van der Waals surface area contributed by atoms with Crippen molar-refractivity contribution >= 4 is 0 Å². The highest BCUT2D eigenvalue weighted by Crippen LogP contribution is 2.19. The molecule has 1 saturated heterocycles. The van der Waals surface area contributed by atoms with Gasteiger partial charge in [0.05, 0.1) is 19.8 Å². The first-order valence-corrected chi connectivity index (χ1v) is 7.83. The minimum atomic E-state index is 0.583. The van der Waals surface area contributed by atoms with Gasteiger partial charge in [-0.25, -0.2) is 0 Å². The third kappa shape index (κ3) is 6.70. The number of ether oxygens (including phenoxy) is 2. The van der Waals surface area contributed by atoms with E-state index in [1.807, 2.05) is 0 Å². The third-order valence-electron chi connectivity index (χ3n) is 3.91. The fraction of sp³-hybridized carbons (Fsp3) is 1.00. The maximum Gasteiger partial charge on any atom is 0.0700 e. The molecule has 4 nitrogen and oxygen atoms in total. The molecule has 0 aliphatic carbocycles. The summed E-state index contributed by atoms with van der Waals surface area (Å²) >= 11 is 0. The Kier molecular flexibility index (Phi) is 9.43. The molecule has 1 heterocycles. The Hall–Kier alpha value is -0.160. The average Bonchev–Trinajstić information content (AvgIpc) is 2.45. The molecule has 2 unspecified atom stereocenters. The number of rotatable bonds is 10. The summed E-state index contributed by atoms with van der Waals surface area (Å²) in [6, 6.07) is 1.26. The summed E-state index contributed by atoms with van der Waals surface area (Å²) in [5, 5.41) is 3.64. The van der Waals surface area contributed by atoms with Crippen molar-refractivity contribution < 1.29 is 9.47 Å². The van der Waals surface area contributed by atoms with E-state index >= 15 is 0 Å². The van der Waals surface area contributed by atoms with Gasteiger partial charge in [-0.3, -0.25) is 4.90 Å². The molecule has 0 aromatic carbocycles. The number of hydrogen-bond donors (Lipinski definition) is 1. The van der Waals surface area contributed by atoms with E-state index in [4.69, 9.17) is 9.47 Å². The van der Waals surface area contributed by atoms with Gasteiger partial charge in [-0.05, 0) is 39.3 Å². The topological polar surface area (TPSA) is 33.7 Å². The molecule has 4 heteroatoms. The van der Waals surface area contributed by atoms with Crippen molar-refractivity contribution in [3.63, 3.8) is 0 Å². The minimum absolute atomic E-state index is 0.583. The van der Waals surface area contributed by atoms with E-state index < -0.39 is 0 Å². The molecule has 0 amide bonds. The molecule has 1 N–H and O–H groups in total. The Morgan fingerprint density at radius 3 is 2.84 bits per heavy atom. The lowest BCUT2D eigenvalue weighted by molar-refractivity contribution is 0.0368. The first kappa shape index (κ1) is 16.9. The fourth-order valence-corrected chi connectivity index (χ4v) is 2.79. The zero-order valence-corrected chi connectivity index (χ0v) is 13.0. The lowest BCUT2D eigenvalue weighted by Gasteiger charge is -2.39. The first-order chi connectivity index (χ1) is 9.29. The number of piperidine rings is 1. The van der Waals surface area contributed by atoms with Crippen molar-refractivity contribution in [1.29, 1.82) is 0 Å². The van der Waals surface area contributed by atoms with Gasteiger partial charge in [0.15, 0.2) is 0 Å². The van der Waals surface area contributed by atoms with Crippen LogP contribution in [0.1, 0.15) is 39.5 Å². The summed E-state index contributed by atoms with van der Waals surface area (Å²) in [6.07, 6.45) is 5.21. The van der Waals surface area contributed by atoms with Crippen LogP contribution in [-0.2, 0) is 9.47 Å². The van der Waals surface area contributed by atoms with Crippen molar-refractivity contribution in [1.82, 2.24) is 10.2 Å². The van der Waals surface area contributed by atoms with Crippen LogP contribution < -0.4 is 5.32 Å². The highest BCUT2D eigenvalue weighted by atomic mass is 16.5. The largest absolute Gasteiger partial charge is 0.382 e. The van der Waals surface area contributed by atoms with E-state index in [1.165, 1.54) is 32.2 Å². The smallest absolute Gasteiger partial charge is 0.0700 e. The van der Waals surface area contributed by atoms with Crippen LogP contribution >= 0.6 is 0 Å². The van der Waals surface area contributed by atoms with Gasteiger partial charge in [-0.1, -0.05) is 13.3 Å². The van der Waals surface area contributed by atoms with Crippen LogP contribution in [0.4, 0.5) is 0 Å². The number of hydrogen-bond acceptors (Lipinski definition) is 4. The second kappa shape index (κ2) is 10.6. The highest BCUT2D eigenvalue weighted by Gasteiger charge is 2.26. The van der Waals surface area contributed by atoms with Crippen LogP contribution in [0.2, 0.25) is 0 Å². The van der Waals surface area contributed by atoms with E-state index in [9.17, 15) is 0 Å². The van der Waals surface area contributed by atoms with E-state index in [0.29, 0.717) is 25.3 Å². The zero-order chi connectivity index (χ0) is 13.9. The third-order valence-corrected chi connectivity index (χ3v) is 3.91. The molecule has 0 radical (unpaired) electrons. The standard InChI is InChI=1S/C15H32N2O2/c1-4-8-16-14(2)15-7-5-6-9-17(15)10-11-19-13-12-18-3/h14-16H,4-13H2,1-3H3. The summed E-state index contributed by atoms with van der Waals surface area (Å²) < 4.78 is 10.6. The molecule has 1 fully saturated rings. The molecule has 0 spiro atoms. The van der Waals surface area contributed by atoms with E-state index in [-0.39, 0.29) is 0 Å². The monoisotopic (exact) mass is 272 g/mol. The van der Waals surface area contributed by atoms with Crippen LogP contribution in [0.25, 0.3) is 0 Å². The lowest BCUT2D eigenvalue weighted by Crippen LogP contribution is -2.52. The Morgan fingerprint density at radius 1 is 1.26 bits per heavy atom. The zero-order valence-electron chi connectivity index (χ0n) is 13.0. The number of methoxy groups -OCH3 is 1. The Bertz CT molecular complexity index is 214. The fourth-order valence-electron chi connectivity index (χ4n) is 2.79. The van der Waals surface area contributed by atoms with Gasteiger partial charge >= 0.3 is 0 Å². The van der Waals surface area contributed by atoms with E-state index in [1.54, 1.807) is 7.11 Å². The minimum Gasteiger partial charge on any atom is -0.382 e. The molecule has 1 aliphatic heterocycles. The Morgan fingerprint density at radius 2 is 2.11 bits per heavy atom. The van der Waals surface area contributed by atoms with Gasteiger partial charge in [0.2, 0.25) is 0 Å². The summed E-state index contributed by atoms with van der Waals surface area (Å²) in [5.74, 6) is 0. The summed E-state index contributed by atoms with van der Waals surface area (Å²) in [4.78, 5) is 2.60. The van der Waals surface area contributed by atoms with Gasteiger partial charge in [0, 0.05) is 25.7 Å². The average molecular weight is 272 g/mol. The molecular formula is C15H32N2O2. The number of nitrogens with one attached hydrogen (secondary N) is 1.